The minimum atomic E-state index is -4.56. The third-order valence-corrected chi connectivity index (χ3v) is 3.15. The fraction of sp³-hybridized carbons (Fsp3) is 0.167. The van der Waals surface area contributed by atoms with Crippen LogP contribution in [0.1, 0.15) is 5.56 Å². The quantitative estimate of drug-likeness (QED) is 0.379. The molecular formula is C12H8ClF4N3S. The maximum Gasteiger partial charge on any atom is 0.416 e. The van der Waals surface area contributed by atoms with Gasteiger partial charge in [-0.15, -0.1) is 0 Å². The lowest BCUT2D eigenvalue weighted by molar-refractivity contribution is -0.137. The second kappa shape index (κ2) is 6.07. The van der Waals surface area contributed by atoms with Gasteiger partial charge in [0.1, 0.15) is 16.8 Å². The maximum atomic E-state index is 13.6. The van der Waals surface area contributed by atoms with E-state index in [1.807, 2.05) is 0 Å². The average Bonchev–Trinajstić information content (AvgIpc) is 2.39. The average molecular weight is 338 g/mol. The first-order valence-electron chi connectivity index (χ1n) is 5.52. The van der Waals surface area contributed by atoms with Gasteiger partial charge >= 0.3 is 6.18 Å². The third kappa shape index (κ3) is 3.98. The van der Waals surface area contributed by atoms with E-state index in [0.29, 0.717) is 17.3 Å². The van der Waals surface area contributed by atoms with Gasteiger partial charge in [0.2, 0.25) is 0 Å². The largest absolute Gasteiger partial charge is 0.416 e. The highest BCUT2D eigenvalue weighted by Gasteiger charge is 2.31. The number of thioether (sulfide) groups is 1. The first-order valence-corrected chi connectivity index (χ1v) is 7.12. The number of aromatic nitrogens is 2. The van der Waals surface area contributed by atoms with Crippen molar-refractivity contribution >= 4 is 34.9 Å². The van der Waals surface area contributed by atoms with E-state index in [1.54, 1.807) is 6.26 Å². The van der Waals surface area contributed by atoms with Gasteiger partial charge in [-0.2, -0.15) is 13.2 Å². The summed E-state index contributed by atoms with van der Waals surface area (Å²) in [7, 11) is 0. The number of halogens is 5. The molecule has 9 heteroatoms. The summed E-state index contributed by atoms with van der Waals surface area (Å²) in [5, 5.41) is 2.89. The Hall–Kier alpha value is -1.54. The standard InChI is InChI=1S/C12H8ClF4N3S/c1-21-11-19-9(13)5-10(20-11)18-8-4-6(12(15,16)17)2-3-7(8)14/h2-5H,1H3,(H,18,19,20). The lowest BCUT2D eigenvalue weighted by atomic mass is 10.2. The number of alkyl halides is 3. The van der Waals surface area contributed by atoms with Crippen LogP contribution in [0.5, 0.6) is 0 Å². The highest BCUT2D eigenvalue weighted by molar-refractivity contribution is 7.98. The Morgan fingerprint density at radius 1 is 1.19 bits per heavy atom. The van der Waals surface area contributed by atoms with Crippen LogP contribution in [0.25, 0.3) is 0 Å². The monoisotopic (exact) mass is 337 g/mol. The lowest BCUT2D eigenvalue weighted by Gasteiger charge is -2.11. The molecule has 0 atom stereocenters. The van der Waals surface area contributed by atoms with Crippen molar-refractivity contribution in [3.8, 4) is 0 Å². The van der Waals surface area contributed by atoms with Gasteiger partial charge in [0, 0.05) is 6.07 Å². The van der Waals surface area contributed by atoms with E-state index in [9.17, 15) is 17.6 Å². The lowest BCUT2D eigenvalue weighted by Crippen LogP contribution is -2.07. The van der Waals surface area contributed by atoms with Crippen molar-refractivity contribution in [1.29, 1.82) is 0 Å². The number of rotatable bonds is 3. The van der Waals surface area contributed by atoms with Crippen molar-refractivity contribution in [2.75, 3.05) is 11.6 Å². The summed E-state index contributed by atoms with van der Waals surface area (Å²) in [5.74, 6) is -0.721. The predicted octanol–water partition coefficient (Wildman–Crippen LogP) is 4.75. The smallest absolute Gasteiger partial charge is 0.338 e. The molecule has 2 rings (SSSR count). The highest BCUT2D eigenvalue weighted by Crippen LogP contribution is 2.32. The first-order chi connectivity index (χ1) is 9.79. The molecule has 0 saturated carbocycles. The van der Waals surface area contributed by atoms with Crippen LogP contribution in [-0.2, 0) is 6.18 Å². The zero-order valence-corrected chi connectivity index (χ0v) is 12.1. The van der Waals surface area contributed by atoms with E-state index < -0.39 is 17.6 Å². The van der Waals surface area contributed by atoms with E-state index in [0.717, 1.165) is 6.07 Å². The molecule has 0 radical (unpaired) electrons. The van der Waals surface area contributed by atoms with Crippen LogP contribution in [0.2, 0.25) is 5.15 Å². The Morgan fingerprint density at radius 2 is 1.90 bits per heavy atom. The molecule has 1 heterocycles. The molecular weight excluding hydrogens is 330 g/mol. The summed E-state index contributed by atoms with van der Waals surface area (Å²) < 4.78 is 51.5. The Bertz CT molecular complexity index is 663. The maximum absolute atomic E-state index is 13.6. The summed E-state index contributed by atoms with van der Waals surface area (Å²) in [6.45, 7) is 0. The zero-order chi connectivity index (χ0) is 15.6. The fourth-order valence-electron chi connectivity index (χ4n) is 1.49. The molecule has 0 spiro atoms. The van der Waals surface area contributed by atoms with Crippen molar-refractivity contribution in [3.63, 3.8) is 0 Å². The van der Waals surface area contributed by atoms with E-state index in [-0.39, 0.29) is 16.7 Å². The molecule has 1 aromatic carbocycles. The molecule has 0 unspecified atom stereocenters. The van der Waals surface area contributed by atoms with Crippen molar-refractivity contribution in [2.24, 2.45) is 0 Å². The van der Waals surface area contributed by atoms with Gasteiger partial charge in [-0.25, -0.2) is 14.4 Å². The SMILES string of the molecule is CSc1nc(Cl)cc(Nc2cc(C(F)(F)F)ccc2F)n1. The summed E-state index contributed by atoms with van der Waals surface area (Å²) in [6.07, 6.45) is -2.85. The topological polar surface area (TPSA) is 37.8 Å². The van der Waals surface area contributed by atoms with E-state index in [1.165, 1.54) is 17.8 Å². The number of hydrogen-bond donors (Lipinski definition) is 1. The van der Waals surface area contributed by atoms with Crippen LogP contribution >= 0.6 is 23.4 Å². The van der Waals surface area contributed by atoms with E-state index in [2.05, 4.69) is 15.3 Å². The molecule has 21 heavy (non-hydrogen) atoms. The van der Waals surface area contributed by atoms with Crippen LogP contribution in [-0.4, -0.2) is 16.2 Å². The van der Waals surface area contributed by atoms with E-state index in [4.69, 9.17) is 11.6 Å². The van der Waals surface area contributed by atoms with Gasteiger partial charge in [-0.1, -0.05) is 23.4 Å². The van der Waals surface area contributed by atoms with Crippen molar-refractivity contribution in [1.82, 2.24) is 9.97 Å². The van der Waals surface area contributed by atoms with Crippen LogP contribution in [0.3, 0.4) is 0 Å². The van der Waals surface area contributed by atoms with Gasteiger partial charge < -0.3 is 5.32 Å². The fourth-order valence-corrected chi connectivity index (χ4v) is 2.10. The Morgan fingerprint density at radius 3 is 2.52 bits per heavy atom. The van der Waals surface area contributed by atoms with Crippen molar-refractivity contribution < 1.29 is 17.6 Å². The predicted molar refractivity (Wildman–Crippen MR) is 73.5 cm³/mol. The van der Waals surface area contributed by atoms with Gasteiger partial charge in [0.25, 0.3) is 0 Å². The minimum Gasteiger partial charge on any atom is -0.338 e. The van der Waals surface area contributed by atoms with Crippen molar-refractivity contribution in [3.05, 3.63) is 40.8 Å². The second-order valence-electron chi connectivity index (χ2n) is 3.88. The van der Waals surface area contributed by atoms with Gasteiger partial charge in [-0.3, -0.25) is 0 Å². The molecule has 0 amide bonds. The molecule has 3 nitrogen and oxygen atoms in total. The molecule has 112 valence electrons. The molecule has 0 aliphatic heterocycles. The summed E-state index contributed by atoms with van der Waals surface area (Å²) >= 11 is 6.96. The highest BCUT2D eigenvalue weighted by atomic mass is 35.5. The van der Waals surface area contributed by atoms with Gasteiger partial charge in [0.15, 0.2) is 5.16 Å². The molecule has 2 aromatic rings. The summed E-state index contributed by atoms with van der Waals surface area (Å²) in [6, 6.07) is 3.37. The Balaban J connectivity index is 2.37. The third-order valence-electron chi connectivity index (χ3n) is 2.41. The Kier molecular flexibility index (Phi) is 4.58. The minimum absolute atomic E-state index is 0.101. The Labute approximate surface area is 126 Å². The molecule has 0 saturated heterocycles. The number of hydrogen-bond acceptors (Lipinski definition) is 4. The zero-order valence-electron chi connectivity index (χ0n) is 10.5. The number of nitrogens with one attached hydrogen (secondary N) is 1. The van der Waals surface area contributed by atoms with Crippen LogP contribution in [0.4, 0.5) is 29.1 Å². The molecule has 1 N–H and O–H groups in total. The summed E-state index contributed by atoms with van der Waals surface area (Å²) in [4.78, 5) is 7.87. The van der Waals surface area contributed by atoms with Crippen LogP contribution in [0.15, 0.2) is 29.4 Å². The van der Waals surface area contributed by atoms with E-state index >= 15 is 0 Å². The normalized spacial score (nSPS) is 11.5. The van der Waals surface area contributed by atoms with Crippen molar-refractivity contribution in [2.45, 2.75) is 11.3 Å². The molecule has 0 aliphatic carbocycles. The first kappa shape index (κ1) is 15.8. The number of benzene rings is 1. The molecule has 1 aromatic heterocycles. The number of anilines is 2. The van der Waals surface area contributed by atoms with Gasteiger partial charge in [0.05, 0.1) is 11.3 Å². The van der Waals surface area contributed by atoms with Crippen LogP contribution < -0.4 is 5.32 Å². The second-order valence-corrected chi connectivity index (χ2v) is 5.04. The number of nitrogens with zero attached hydrogens (tertiary/aromatic N) is 2. The van der Waals surface area contributed by atoms with Crippen LogP contribution in [0, 0.1) is 5.82 Å². The summed E-state index contributed by atoms with van der Waals surface area (Å²) in [5.41, 5.74) is -1.30. The molecule has 0 bridgehead atoms. The molecule has 0 aliphatic rings. The van der Waals surface area contributed by atoms with Gasteiger partial charge in [-0.05, 0) is 24.5 Å². The molecule has 0 fully saturated rings.